The van der Waals surface area contributed by atoms with Crippen molar-refractivity contribution in [3.05, 3.63) is 24.0 Å². The molecule has 2 heterocycles. The standard InChI is InChI=1S/C12H17N3O3/c16-8-7-14-3-5-15(6-4-14)11-9-13-2-1-10(11)12(17)18/h1-2,9,16H,3-8H2,(H,17,18). The average molecular weight is 251 g/mol. The van der Waals surface area contributed by atoms with Gasteiger partial charge in [0.2, 0.25) is 0 Å². The molecule has 1 saturated heterocycles. The van der Waals surface area contributed by atoms with Crippen LogP contribution in [0.1, 0.15) is 10.4 Å². The van der Waals surface area contributed by atoms with Crippen LogP contribution in [0.25, 0.3) is 0 Å². The molecule has 0 radical (unpaired) electrons. The van der Waals surface area contributed by atoms with E-state index < -0.39 is 5.97 Å². The number of rotatable bonds is 4. The smallest absolute Gasteiger partial charge is 0.337 e. The highest BCUT2D eigenvalue weighted by Crippen LogP contribution is 2.20. The summed E-state index contributed by atoms with van der Waals surface area (Å²) in [7, 11) is 0. The van der Waals surface area contributed by atoms with Gasteiger partial charge in [0.25, 0.3) is 0 Å². The van der Waals surface area contributed by atoms with E-state index in [1.165, 1.54) is 12.3 Å². The molecule has 0 unspecified atom stereocenters. The van der Waals surface area contributed by atoms with Gasteiger partial charge in [-0.3, -0.25) is 9.88 Å². The summed E-state index contributed by atoms with van der Waals surface area (Å²) < 4.78 is 0. The number of carboxylic acids is 1. The quantitative estimate of drug-likeness (QED) is 0.778. The fraction of sp³-hybridized carbons (Fsp3) is 0.500. The van der Waals surface area contributed by atoms with E-state index in [2.05, 4.69) is 9.88 Å². The Labute approximate surface area is 105 Å². The number of aromatic nitrogens is 1. The van der Waals surface area contributed by atoms with Crippen molar-refractivity contribution in [1.82, 2.24) is 9.88 Å². The summed E-state index contributed by atoms with van der Waals surface area (Å²) in [5, 5.41) is 18.0. The van der Waals surface area contributed by atoms with Crippen LogP contribution in [0, 0.1) is 0 Å². The molecule has 1 aromatic heterocycles. The second kappa shape index (κ2) is 5.79. The molecule has 1 fully saturated rings. The lowest BCUT2D eigenvalue weighted by Gasteiger charge is -2.36. The largest absolute Gasteiger partial charge is 0.478 e. The van der Waals surface area contributed by atoms with Gasteiger partial charge < -0.3 is 15.1 Å². The van der Waals surface area contributed by atoms with Gasteiger partial charge in [-0.1, -0.05) is 0 Å². The minimum Gasteiger partial charge on any atom is -0.478 e. The highest BCUT2D eigenvalue weighted by Gasteiger charge is 2.20. The van der Waals surface area contributed by atoms with E-state index in [1.54, 1.807) is 6.20 Å². The lowest BCUT2D eigenvalue weighted by Crippen LogP contribution is -2.47. The number of piperazine rings is 1. The summed E-state index contributed by atoms with van der Waals surface area (Å²) in [6.07, 6.45) is 3.10. The zero-order chi connectivity index (χ0) is 13.0. The van der Waals surface area contributed by atoms with Gasteiger partial charge in [0.05, 0.1) is 24.1 Å². The first-order chi connectivity index (χ1) is 8.72. The number of β-amino-alcohol motifs (C(OH)–C–C–N with tert-alkyl or cyclic N) is 1. The molecule has 2 N–H and O–H groups in total. The monoisotopic (exact) mass is 251 g/mol. The molecule has 0 aromatic carbocycles. The number of anilines is 1. The minimum atomic E-state index is -0.926. The van der Waals surface area contributed by atoms with Crippen LogP contribution in [0.15, 0.2) is 18.5 Å². The van der Waals surface area contributed by atoms with Gasteiger partial charge in [-0.05, 0) is 6.07 Å². The van der Waals surface area contributed by atoms with E-state index in [4.69, 9.17) is 10.2 Å². The first kappa shape index (κ1) is 12.8. The second-order valence-corrected chi connectivity index (χ2v) is 4.25. The van der Waals surface area contributed by atoms with E-state index in [-0.39, 0.29) is 6.61 Å². The van der Waals surface area contributed by atoms with E-state index in [0.29, 0.717) is 17.8 Å². The van der Waals surface area contributed by atoms with Gasteiger partial charge in [-0.15, -0.1) is 0 Å². The molecule has 1 aliphatic rings. The minimum absolute atomic E-state index is 0.160. The van der Waals surface area contributed by atoms with Crippen molar-refractivity contribution in [1.29, 1.82) is 0 Å². The van der Waals surface area contributed by atoms with Crippen molar-refractivity contribution in [3.63, 3.8) is 0 Å². The molecule has 0 bridgehead atoms. The number of hydrogen-bond donors (Lipinski definition) is 2. The average Bonchev–Trinajstić information content (AvgIpc) is 2.40. The third kappa shape index (κ3) is 2.77. The zero-order valence-electron chi connectivity index (χ0n) is 10.1. The summed E-state index contributed by atoms with van der Waals surface area (Å²) in [5.41, 5.74) is 0.967. The summed E-state index contributed by atoms with van der Waals surface area (Å²) >= 11 is 0. The Balaban J connectivity index is 2.07. The lowest BCUT2D eigenvalue weighted by atomic mass is 10.2. The highest BCUT2D eigenvalue weighted by molar-refractivity contribution is 5.94. The van der Waals surface area contributed by atoms with Crippen LogP contribution in [0.3, 0.4) is 0 Å². The number of carboxylic acid groups (broad SMARTS) is 1. The van der Waals surface area contributed by atoms with E-state index in [1.807, 2.05) is 4.90 Å². The molecular formula is C12H17N3O3. The van der Waals surface area contributed by atoms with Crippen LogP contribution in [0.4, 0.5) is 5.69 Å². The van der Waals surface area contributed by atoms with Gasteiger partial charge in [0, 0.05) is 38.9 Å². The van der Waals surface area contributed by atoms with Gasteiger partial charge in [-0.2, -0.15) is 0 Å². The highest BCUT2D eigenvalue weighted by atomic mass is 16.4. The molecule has 0 saturated carbocycles. The molecule has 6 heteroatoms. The lowest BCUT2D eigenvalue weighted by molar-refractivity contribution is 0.0697. The number of aliphatic hydroxyl groups excluding tert-OH is 1. The van der Waals surface area contributed by atoms with Crippen molar-refractivity contribution in [2.45, 2.75) is 0 Å². The van der Waals surface area contributed by atoms with Crippen molar-refractivity contribution in [3.8, 4) is 0 Å². The van der Waals surface area contributed by atoms with Crippen LogP contribution in [-0.2, 0) is 0 Å². The molecule has 98 valence electrons. The number of aromatic carboxylic acids is 1. The summed E-state index contributed by atoms with van der Waals surface area (Å²) in [4.78, 5) is 19.3. The third-order valence-corrected chi connectivity index (χ3v) is 3.16. The zero-order valence-corrected chi connectivity index (χ0v) is 10.1. The number of aliphatic hydroxyl groups is 1. The fourth-order valence-electron chi connectivity index (χ4n) is 2.17. The van der Waals surface area contributed by atoms with Gasteiger partial charge >= 0.3 is 5.97 Å². The first-order valence-electron chi connectivity index (χ1n) is 5.98. The van der Waals surface area contributed by atoms with E-state index >= 15 is 0 Å². The Kier molecular flexibility index (Phi) is 4.11. The normalized spacial score (nSPS) is 16.8. The molecule has 2 rings (SSSR count). The Bertz CT molecular complexity index is 417. The molecule has 0 spiro atoms. The van der Waals surface area contributed by atoms with Crippen LogP contribution in [0.2, 0.25) is 0 Å². The number of pyridine rings is 1. The summed E-state index contributed by atoms with van der Waals surface area (Å²) in [6, 6.07) is 1.53. The number of nitrogens with zero attached hydrogens (tertiary/aromatic N) is 3. The number of hydrogen-bond acceptors (Lipinski definition) is 5. The van der Waals surface area contributed by atoms with Crippen molar-refractivity contribution in [2.75, 3.05) is 44.2 Å². The van der Waals surface area contributed by atoms with Crippen LogP contribution >= 0.6 is 0 Å². The maximum atomic E-state index is 11.1. The SMILES string of the molecule is O=C(O)c1ccncc1N1CCN(CCO)CC1. The molecule has 1 aromatic rings. The predicted octanol–water partition coefficient (Wildman–Crippen LogP) is -0.106. The van der Waals surface area contributed by atoms with Crippen LogP contribution in [-0.4, -0.2) is 65.4 Å². The maximum absolute atomic E-state index is 11.1. The summed E-state index contributed by atoms with van der Waals surface area (Å²) in [5.74, 6) is -0.926. The second-order valence-electron chi connectivity index (χ2n) is 4.25. The summed E-state index contributed by atoms with van der Waals surface area (Å²) in [6.45, 7) is 4.00. The Morgan fingerprint density at radius 3 is 2.67 bits per heavy atom. The molecule has 1 aliphatic heterocycles. The van der Waals surface area contributed by atoms with E-state index in [0.717, 1.165) is 26.2 Å². The Morgan fingerprint density at radius 2 is 2.06 bits per heavy atom. The molecule has 0 aliphatic carbocycles. The van der Waals surface area contributed by atoms with Gasteiger partial charge in [0.1, 0.15) is 0 Å². The molecular weight excluding hydrogens is 234 g/mol. The van der Waals surface area contributed by atoms with Gasteiger partial charge in [-0.25, -0.2) is 4.79 Å². The molecule has 18 heavy (non-hydrogen) atoms. The predicted molar refractivity (Wildman–Crippen MR) is 66.9 cm³/mol. The molecule has 0 amide bonds. The third-order valence-electron chi connectivity index (χ3n) is 3.16. The topological polar surface area (TPSA) is 76.9 Å². The Hall–Kier alpha value is -1.66. The van der Waals surface area contributed by atoms with Crippen molar-refractivity contribution in [2.24, 2.45) is 0 Å². The van der Waals surface area contributed by atoms with Gasteiger partial charge in [0.15, 0.2) is 0 Å². The molecule has 6 nitrogen and oxygen atoms in total. The van der Waals surface area contributed by atoms with Crippen LogP contribution in [0.5, 0.6) is 0 Å². The maximum Gasteiger partial charge on any atom is 0.337 e. The van der Waals surface area contributed by atoms with Crippen molar-refractivity contribution < 1.29 is 15.0 Å². The fourth-order valence-corrected chi connectivity index (χ4v) is 2.17. The van der Waals surface area contributed by atoms with E-state index in [9.17, 15) is 4.79 Å². The molecule has 0 atom stereocenters. The van der Waals surface area contributed by atoms with Crippen LogP contribution < -0.4 is 4.90 Å². The van der Waals surface area contributed by atoms with Crippen molar-refractivity contribution >= 4 is 11.7 Å². The Morgan fingerprint density at radius 1 is 1.33 bits per heavy atom. The first-order valence-corrected chi connectivity index (χ1v) is 5.98. The number of carbonyl (C=O) groups is 1.